The van der Waals surface area contributed by atoms with Crippen molar-refractivity contribution in [2.75, 3.05) is 59.2 Å². The van der Waals surface area contributed by atoms with E-state index >= 15 is 0 Å². The Kier molecular flexibility index (Phi) is 12.7. The van der Waals surface area contributed by atoms with Gasteiger partial charge in [-0.15, -0.1) is 24.0 Å². The number of nitrogens with zero attached hydrogens (tertiary/aromatic N) is 2. The summed E-state index contributed by atoms with van der Waals surface area (Å²) in [6.07, 6.45) is 7.50. The monoisotopic (exact) mass is 534 g/mol. The van der Waals surface area contributed by atoms with E-state index in [2.05, 4.69) is 28.5 Å². The number of nitrogens with one attached hydrogen (secondary N) is 2. The fourth-order valence-corrected chi connectivity index (χ4v) is 3.98. The second-order valence-corrected chi connectivity index (χ2v) is 7.90. The van der Waals surface area contributed by atoms with Crippen molar-refractivity contribution >= 4 is 29.9 Å². The number of ether oxygens (including phenoxy) is 2. The lowest BCUT2D eigenvalue weighted by Crippen LogP contribution is -2.39. The lowest BCUT2D eigenvalue weighted by molar-refractivity contribution is 0.0203. The zero-order valence-electron chi connectivity index (χ0n) is 18.3. The summed E-state index contributed by atoms with van der Waals surface area (Å²) in [7, 11) is 0. The van der Waals surface area contributed by atoms with E-state index in [1.54, 1.807) is 6.26 Å². The standard InChI is InChI=1S/C22H38N4O3.HI/c1-2-23-22(24-10-6-13-28-18-19-8-15-27-16-9-19)25-17-20(21-7-5-14-29-21)26-11-3-4-12-26;/h5,7,14,19-20H,2-4,6,8-13,15-18H2,1H3,(H2,23,24,25);1H. The summed E-state index contributed by atoms with van der Waals surface area (Å²) in [6, 6.07) is 4.24. The first-order valence-corrected chi connectivity index (χ1v) is 11.3. The van der Waals surface area contributed by atoms with Crippen molar-refractivity contribution in [2.45, 2.75) is 45.1 Å². The maximum absolute atomic E-state index is 5.85. The SMILES string of the molecule is CCNC(=NCC(c1ccco1)N1CCCC1)NCCCOCC1CCOCC1.I. The molecule has 1 unspecified atom stereocenters. The predicted octanol–water partition coefficient (Wildman–Crippen LogP) is 3.42. The summed E-state index contributed by atoms with van der Waals surface area (Å²) in [5.41, 5.74) is 0. The van der Waals surface area contributed by atoms with Gasteiger partial charge in [0.15, 0.2) is 5.96 Å². The van der Waals surface area contributed by atoms with Crippen LogP contribution in [0.3, 0.4) is 0 Å². The molecule has 2 saturated heterocycles. The molecule has 172 valence electrons. The molecule has 0 radical (unpaired) electrons. The minimum atomic E-state index is 0. The molecule has 2 fully saturated rings. The second-order valence-electron chi connectivity index (χ2n) is 7.90. The van der Waals surface area contributed by atoms with Gasteiger partial charge in [-0.2, -0.15) is 0 Å². The van der Waals surface area contributed by atoms with Crippen molar-refractivity contribution in [1.82, 2.24) is 15.5 Å². The van der Waals surface area contributed by atoms with Gasteiger partial charge in [0, 0.05) is 39.5 Å². The summed E-state index contributed by atoms with van der Waals surface area (Å²) in [5, 5.41) is 6.79. The van der Waals surface area contributed by atoms with Gasteiger partial charge in [-0.3, -0.25) is 9.89 Å². The van der Waals surface area contributed by atoms with Gasteiger partial charge in [0.05, 0.1) is 18.8 Å². The summed E-state index contributed by atoms with van der Waals surface area (Å²) < 4.78 is 16.9. The van der Waals surface area contributed by atoms with Gasteiger partial charge >= 0.3 is 0 Å². The maximum atomic E-state index is 5.85. The number of hydrogen-bond donors (Lipinski definition) is 2. The van der Waals surface area contributed by atoms with Gasteiger partial charge in [-0.05, 0) is 70.2 Å². The van der Waals surface area contributed by atoms with Gasteiger partial charge in [0.25, 0.3) is 0 Å². The normalized spacial score (nSPS) is 19.4. The maximum Gasteiger partial charge on any atom is 0.191 e. The van der Waals surface area contributed by atoms with Crippen LogP contribution in [0.4, 0.5) is 0 Å². The Balaban J connectivity index is 0.00000320. The highest BCUT2D eigenvalue weighted by molar-refractivity contribution is 14.0. The molecule has 0 aliphatic carbocycles. The predicted molar refractivity (Wildman–Crippen MR) is 131 cm³/mol. The largest absolute Gasteiger partial charge is 0.468 e. The van der Waals surface area contributed by atoms with Crippen molar-refractivity contribution < 1.29 is 13.9 Å². The molecule has 3 heterocycles. The van der Waals surface area contributed by atoms with E-state index < -0.39 is 0 Å². The zero-order chi connectivity index (χ0) is 20.2. The minimum absolute atomic E-state index is 0. The van der Waals surface area contributed by atoms with Crippen LogP contribution in [-0.4, -0.2) is 70.0 Å². The fraction of sp³-hybridized carbons (Fsp3) is 0.773. The van der Waals surface area contributed by atoms with E-state index in [1.165, 1.54) is 12.8 Å². The topological polar surface area (TPSA) is 71.3 Å². The van der Waals surface area contributed by atoms with Crippen LogP contribution in [0.15, 0.2) is 27.8 Å². The van der Waals surface area contributed by atoms with E-state index in [9.17, 15) is 0 Å². The van der Waals surface area contributed by atoms with Crippen molar-refractivity contribution in [3.8, 4) is 0 Å². The molecule has 0 aromatic carbocycles. The van der Waals surface area contributed by atoms with Crippen LogP contribution < -0.4 is 10.6 Å². The Morgan fingerprint density at radius 2 is 2.07 bits per heavy atom. The number of likely N-dealkylation sites (tertiary alicyclic amines) is 1. The number of guanidine groups is 1. The number of halogens is 1. The van der Waals surface area contributed by atoms with Gasteiger partial charge < -0.3 is 24.5 Å². The highest BCUT2D eigenvalue weighted by atomic mass is 127. The third kappa shape index (κ3) is 8.72. The zero-order valence-corrected chi connectivity index (χ0v) is 20.6. The molecule has 1 aromatic heterocycles. The van der Waals surface area contributed by atoms with Gasteiger partial charge in [-0.1, -0.05) is 0 Å². The minimum Gasteiger partial charge on any atom is -0.468 e. The first-order chi connectivity index (χ1) is 14.4. The first-order valence-electron chi connectivity index (χ1n) is 11.3. The first kappa shape index (κ1) is 25.4. The molecule has 2 N–H and O–H groups in total. The second kappa shape index (κ2) is 15.0. The van der Waals surface area contributed by atoms with Gasteiger partial charge in [0.1, 0.15) is 5.76 Å². The van der Waals surface area contributed by atoms with Crippen molar-refractivity contribution in [2.24, 2.45) is 10.9 Å². The van der Waals surface area contributed by atoms with E-state index in [0.717, 1.165) is 83.6 Å². The Morgan fingerprint density at radius 3 is 2.77 bits per heavy atom. The molecule has 3 rings (SSSR count). The van der Waals surface area contributed by atoms with Crippen molar-refractivity contribution in [3.05, 3.63) is 24.2 Å². The Morgan fingerprint density at radius 1 is 1.27 bits per heavy atom. The Labute approximate surface area is 198 Å². The number of rotatable bonds is 11. The van der Waals surface area contributed by atoms with E-state index in [-0.39, 0.29) is 30.0 Å². The van der Waals surface area contributed by atoms with Crippen LogP contribution in [-0.2, 0) is 9.47 Å². The molecule has 1 atom stereocenters. The van der Waals surface area contributed by atoms with Crippen LogP contribution in [0.1, 0.15) is 50.8 Å². The highest BCUT2D eigenvalue weighted by Crippen LogP contribution is 2.25. The third-order valence-electron chi connectivity index (χ3n) is 5.67. The quantitative estimate of drug-likeness (QED) is 0.196. The lowest BCUT2D eigenvalue weighted by atomic mass is 10.0. The summed E-state index contributed by atoms with van der Waals surface area (Å²) in [5.74, 6) is 2.54. The molecular formula is C22H39IN4O3. The van der Waals surface area contributed by atoms with Crippen LogP contribution >= 0.6 is 24.0 Å². The molecule has 0 spiro atoms. The third-order valence-corrected chi connectivity index (χ3v) is 5.67. The summed E-state index contributed by atoms with van der Waals surface area (Å²) in [4.78, 5) is 7.33. The van der Waals surface area contributed by atoms with Gasteiger partial charge in [-0.25, -0.2) is 0 Å². The molecule has 2 aliphatic rings. The molecule has 7 nitrogen and oxygen atoms in total. The van der Waals surface area contributed by atoms with Crippen LogP contribution in [0, 0.1) is 5.92 Å². The smallest absolute Gasteiger partial charge is 0.191 e. The van der Waals surface area contributed by atoms with Crippen molar-refractivity contribution in [1.29, 1.82) is 0 Å². The average molecular weight is 534 g/mol. The number of furan rings is 1. The van der Waals surface area contributed by atoms with Crippen LogP contribution in [0.5, 0.6) is 0 Å². The van der Waals surface area contributed by atoms with Gasteiger partial charge in [0.2, 0.25) is 0 Å². The lowest BCUT2D eigenvalue weighted by Gasteiger charge is -2.24. The molecule has 2 aliphatic heterocycles. The molecule has 0 bridgehead atoms. The summed E-state index contributed by atoms with van der Waals surface area (Å²) in [6.45, 7) is 10.1. The molecular weight excluding hydrogens is 495 g/mol. The highest BCUT2D eigenvalue weighted by Gasteiger charge is 2.25. The average Bonchev–Trinajstić information content (AvgIpc) is 3.46. The van der Waals surface area contributed by atoms with Crippen LogP contribution in [0.25, 0.3) is 0 Å². The number of aliphatic imine (C=N–C) groups is 1. The molecule has 0 saturated carbocycles. The molecule has 0 amide bonds. The van der Waals surface area contributed by atoms with Crippen LogP contribution in [0.2, 0.25) is 0 Å². The molecule has 1 aromatic rings. The number of hydrogen-bond acceptors (Lipinski definition) is 5. The Hall–Kier alpha value is -0.840. The Bertz CT molecular complexity index is 573. The summed E-state index contributed by atoms with van der Waals surface area (Å²) >= 11 is 0. The van der Waals surface area contributed by atoms with Crippen molar-refractivity contribution in [3.63, 3.8) is 0 Å². The molecule has 8 heteroatoms. The molecule has 30 heavy (non-hydrogen) atoms. The fourth-order valence-electron chi connectivity index (χ4n) is 3.98. The van der Waals surface area contributed by atoms with E-state index in [4.69, 9.17) is 18.9 Å². The van der Waals surface area contributed by atoms with E-state index in [0.29, 0.717) is 12.5 Å². The van der Waals surface area contributed by atoms with E-state index in [1.807, 2.05) is 6.07 Å².